The molecule has 0 spiro atoms. The van der Waals surface area contributed by atoms with E-state index >= 15 is 0 Å². The summed E-state index contributed by atoms with van der Waals surface area (Å²) in [5.74, 6) is 3.06. The summed E-state index contributed by atoms with van der Waals surface area (Å²) in [6, 6.07) is 12.0. The van der Waals surface area contributed by atoms with Crippen LogP contribution in [0.15, 0.2) is 52.3 Å². The molecule has 0 saturated carbocycles. The summed E-state index contributed by atoms with van der Waals surface area (Å²) >= 11 is 1.94. The Morgan fingerprint density at radius 1 is 1.09 bits per heavy atom. The summed E-state index contributed by atoms with van der Waals surface area (Å²) in [7, 11) is -7.14. The number of sulfonamides is 1. The predicted octanol–water partition coefficient (Wildman–Crippen LogP) is 5.66. The molecule has 0 aromatic heterocycles. The van der Waals surface area contributed by atoms with Gasteiger partial charge in [-0.25, -0.2) is 17.4 Å². The molecule has 0 radical (unpaired) electrons. The van der Waals surface area contributed by atoms with Crippen LogP contribution in [0.4, 0.5) is 5.69 Å². The number of hydrogen-bond donors (Lipinski definition) is 1. The normalized spacial score (nSPS) is 16.9. The number of benzene rings is 2. The molecule has 1 unspecified atom stereocenters. The third-order valence-electron chi connectivity index (χ3n) is 5.90. The molecule has 1 saturated heterocycles. The molecule has 1 atom stereocenters. The Bertz CT molecular complexity index is 1170. The standard InChI is InChI=1S/C25H36N2O4S3/c1-5-20-6-8-22(9-7-20)27(17-19(2)3)34(29,30)23-10-11-24(25(16-23)33(4,26)28)31-18-21-12-14-32-15-13-21/h6-11,16,19,21,26H,5,12-15,17-18H2,1-4H3. The lowest BCUT2D eigenvalue weighted by molar-refractivity contribution is 0.235. The van der Waals surface area contributed by atoms with Crippen LogP contribution in [0.2, 0.25) is 0 Å². The average molecular weight is 525 g/mol. The highest BCUT2D eigenvalue weighted by molar-refractivity contribution is 7.99. The van der Waals surface area contributed by atoms with Crippen LogP contribution in [-0.2, 0) is 26.2 Å². The highest BCUT2D eigenvalue weighted by atomic mass is 32.2. The fraction of sp³-hybridized carbons (Fsp3) is 0.520. The quantitative estimate of drug-likeness (QED) is 0.433. The van der Waals surface area contributed by atoms with Crippen molar-refractivity contribution in [1.82, 2.24) is 0 Å². The van der Waals surface area contributed by atoms with Crippen LogP contribution in [-0.4, -0.2) is 43.5 Å². The minimum Gasteiger partial charge on any atom is -0.492 e. The van der Waals surface area contributed by atoms with E-state index < -0.39 is 19.8 Å². The molecule has 3 rings (SSSR count). The molecule has 34 heavy (non-hydrogen) atoms. The van der Waals surface area contributed by atoms with Gasteiger partial charge in [0, 0.05) is 12.8 Å². The molecule has 1 N–H and O–H groups in total. The molecular formula is C25H36N2O4S3. The van der Waals surface area contributed by atoms with Crippen molar-refractivity contribution in [3.8, 4) is 5.75 Å². The van der Waals surface area contributed by atoms with Crippen molar-refractivity contribution in [3.63, 3.8) is 0 Å². The van der Waals surface area contributed by atoms with Crippen molar-refractivity contribution in [2.24, 2.45) is 11.8 Å². The van der Waals surface area contributed by atoms with Gasteiger partial charge in [0.2, 0.25) is 0 Å². The first-order chi connectivity index (χ1) is 16.0. The van der Waals surface area contributed by atoms with Crippen molar-refractivity contribution in [2.45, 2.75) is 49.8 Å². The van der Waals surface area contributed by atoms with Gasteiger partial charge in [0.1, 0.15) is 5.75 Å². The molecule has 1 aliphatic heterocycles. The van der Waals surface area contributed by atoms with Crippen LogP contribution in [0, 0.1) is 16.6 Å². The predicted molar refractivity (Wildman–Crippen MR) is 142 cm³/mol. The lowest BCUT2D eigenvalue weighted by Gasteiger charge is -2.27. The Balaban J connectivity index is 1.97. The van der Waals surface area contributed by atoms with Gasteiger partial charge in [0.25, 0.3) is 10.0 Å². The van der Waals surface area contributed by atoms with Crippen molar-refractivity contribution >= 4 is 37.2 Å². The summed E-state index contributed by atoms with van der Waals surface area (Å²) in [5.41, 5.74) is 1.72. The first-order valence-electron chi connectivity index (χ1n) is 11.7. The fourth-order valence-corrected chi connectivity index (χ4v) is 7.69. The molecule has 0 amide bonds. The van der Waals surface area contributed by atoms with Crippen LogP contribution in [0.25, 0.3) is 0 Å². The Labute approximate surface area is 209 Å². The molecule has 0 aliphatic carbocycles. The van der Waals surface area contributed by atoms with E-state index in [-0.39, 0.29) is 15.7 Å². The summed E-state index contributed by atoms with van der Waals surface area (Å²) in [5, 5.41) is 0. The maximum absolute atomic E-state index is 13.7. The van der Waals surface area contributed by atoms with Crippen molar-refractivity contribution < 1.29 is 17.4 Å². The molecule has 1 heterocycles. The fourth-order valence-electron chi connectivity index (χ4n) is 3.89. The number of thioether (sulfide) groups is 1. The van der Waals surface area contributed by atoms with Gasteiger partial charge in [-0.05, 0) is 78.5 Å². The van der Waals surface area contributed by atoms with Crippen LogP contribution in [0.1, 0.15) is 39.2 Å². The maximum atomic E-state index is 13.7. The van der Waals surface area contributed by atoms with Gasteiger partial charge in [-0.1, -0.05) is 32.9 Å². The summed E-state index contributed by atoms with van der Waals surface area (Å²) < 4.78 is 55.9. The van der Waals surface area contributed by atoms with Gasteiger partial charge in [0.15, 0.2) is 0 Å². The lowest BCUT2D eigenvalue weighted by Crippen LogP contribution is -2.34. The number of nitrogens with zero attached hydrogens (tertiary/aromatic N) is 1. The van der Waals surface area contributed by atoms with E-state index in [2.05, 4.69) is 6.92 Å². The Kier molecular flexibility index (Phi) is 8.98. The van der Waals surface area contributed by atoms with E-state index in [0.29, 0.717) is 30.5 Å². The van der Waals surface area contributed by atoms with Crippen molar-refractivity contribution in [3.05, 3.63) is 48.0 Å². The van der Waals surface area contributed by atoms with Crippen molar-refractivity contribution in [1.29, 1.82) is 4.78 Å². The zero-order chi connectivity index (χ0) is 24.9. The van der Waals surface area contributed by atoms with Gasteiger partial charge in [-0.3, -0.25) is 4.31 Å². The average Bonchev–Trinajstić information content (AvgIpc) is 2.81. The van der Waals surface area contributed by atoms with Crippen LogP contribution in [0.5, 0.6) is 5.75 Å². The highest BCUT2D eigenvalue weighted by Crippen LogP contribution is 2.32. The van der Waals surface area contributed by atoms with Crippen LogP contribution < -0.4 is 9.04 Å². The number of ether oxygens (including phenoxy) is 1. The molecule has 188 valence electrons. The smallest absolute Gasteiger partial charge is 0.264 e. The molecule has 9 heteroatoms. The summed E-state index contributed by atoms with van der Waals surface area (Å²) in [6.07, 6.45) is 4.31. The molecule has 0 bridgehead atoms. The second-order valence-corrected chi connectivity index (χ2v) is 14.5. The minimum atomic E-state index is -3.94. The number of hydrogen-bond acceptors (Lipinski definition) is 6. The summed E-state index contributed by atoms with van der Waals surface area (Å²) in [6.45, 7) is 6.79. The molecule has 1 aliphatic rings. The monoisotopic (exact) mass is 524 g/mol. The second-order valence-electron chi connectivity index (χ2n) is 9.27. The highest BCUT2D eigenvalue weighted by Gasteiger charge is 2.28. The van der Waals surface area contributed by atoms with Crippen LogP contribution in [0.3, 0.4) is 0 Å². The first kappa shape index (κ1) is 26.9. The van der Waals surface area contributed by atoms with E-state index in [4.69, 9.17) is 9.52 Å². The third kappa shape index (κ3) is 6.70. The van der Waals surface area contributed by atoms with Gasteiger partial charge < -0.3 is 4.74 Å². The van der Waals surface area contributed by atoms with Crippen molar-refractivity contribution in [2.75, 3.05) is 35.2 Å². The SMILES string of the molecule is CCc1ccc(N(CC(C)C)S(=O)(=O)c2ccc(OCC3CCSCC3)c(S(C)(=N)=O)c2)cc1. The Morgan fingerprint density at radius 3 is 2.29 bits per heavy atom. The summed E-state index contributed by atoms with van der Waals surface area (Å²) in [4.78, 5) is 0.149. The third-order valence-corrected chi connectivity index (χ3v) is 9.90. The topological polar surface area (TPSA) is 87.5 Å². The van der Waals surface area contributed by atoms with E-state index in [1.54, 1.807) is 6.07 Å². The number of anilines is 1. The Hall–Kier alpha value is -1.71. The lowest BCUT2D eigenvalue weighted by atomic mass is 10.0. The zero-order valence-corrected chi connectivity index (χ0v) is 22.9. The molecule has 2 aromatic carbocycles. The molecule has 2 aromatic rings. The largest absolute Gasteiger partial charge is 0.492 e. The van der Waals surface area contributed by atoms with Gasteiger partial charge in [-0.2, -0.15) is 11.8 Å². The molecule has 6 nitrogen and oxygen atoms in total. The van der Waals surface area contributed by atoms with E-state index in [9.17, 15) is 12.6 Å². The van der Waals surface area contributed by atoms with E-state index in [1.165, 1.54) is 22.7 Å². The van der Waals surface area contributed by atoms with Gasteiger partial charge in [-0.15, -0.1) is 0 Å². The van der Waals surface area contributed by atoms with E-state index in [0.717, 1.165) is 36.3 Å². The van der Waals surface area contributed by atoms with Gasteiger partial charge in [0.05, 0.1) is 31.8 Å². The minimum absolute atomic E-state index is 0.0194. The van der Waals surface area contributed by atoms with E-state index in [1.807, 2.05) is 49.9 Å². The van der Waals surface area contributed by atoms with Crippen LogP contribution >= 0.6 is 11.8 Å². The second kappa shape index (κ2) is 11.4. The zero-order valence-electron chi connectivity index (χ0n) is 20.5. The Morgan fingerprint density at radius 2 is 1.74 bits per heavy atom. The molecule has 1 fully saturated rings. The number of nitrogens with one attached hydrogen (secondary N) is 1. The maximum Gasteiger partial charge on any atom is 0.264 e. The first-order valence-corrected chi connectivity index (χ1v) is 16.3. The number of rotatable bonds is 10. The number of aryl methyl sites for hydroxylation is 1. The molecular weight excluding hydrogens is 488 g/mol. The van der Waals surface area contributed by atoms with Gasteiger partial charge >= 0.3 is 0 Å².